The third-order valence-electron chi connectivity index (χ3n) is 3.41. The zero-order valence-electron chi connectivity index (χ0n) is 9.39. The third kappa shape index (κ3) is 1.83. The van der Waals surface area contributed by atoms with Crippen LogP contribution in [0.25, 0.3) is 5.52 Å². The van der Waals surface area contributed by atoms with E-state index in [1.54, 1.807) is 0 Å². The number of nitrogens with one attached hydrogen (secondary N) is 1. The van der Waals surface area contributed by atoms with Crippen molar-refractivity contribution < 1.29 is 0 Å². The first kappa shape index (κ1) is 9.85. The first-order chi connectivity index (χ1) is 7.93. The fraction of sp³-hybridized carbons (Fsp3) is 0.462. The van der Waals surface area contributed by atoms with Crippen LogP contribution in [0.4, 0.5) is 0 Å². The number of hydrogen-bond donors (Lipinski definition) is 1. The van der Waals surface area contributed by atoms with Gasteiger partial charge < -0.3 is 5.32 Å². The standard InChI is InChI=1S/C13H17N3/c1-2-7-16-13(5-1)12(10-15-16)8-11-4-3-6-14-9-11/h1-2,5,7,10-11,14H,3-4,6,8-9H2. The second-order valence-corrected chi connectivity index (χ2v) is 4.62. The number of hydrogen-bond acceptors (Lipinski definition) is 2. The summed E-state index contributed by atoms with van der Waals surface area (Å²) < 4.78 is 1.96. The average molecular weight is 215 g/mol. The highest BCUT2D eigenvalue weighted by atomic mass is 15.2. The van der Waals surface area contributed by atoms with Gasteiger partial charge in [-0.15, -0.1) is 0 Å². The molecule has 1 unspecified atom stereocenters. The van der Waals surface area contributed by atoms with Gasteiger partial charge in [0.05, 0.1) is 11.7 Å². The lowest BCUT2D eigenvalue weighted by atomic mass is 9.93. The van der Waals surface area contributed by atoms with E-state index in [2.05, 4.69) is 22.5 Å². The second kappa shape index (κ2) is 4.26. The second-order valence-electron chi connectivity index (χ2n) is 4.62. The van der Waals surface area contributed by atoms with Gasteiger partial charge in [-0.25, -0.2) is 4.52 Å². The number of nitrogens with zero attached hydrogens (tertiary/aromatic N) is 2. The van der Waals surface area contributed by atoms with E-state index in [1.807, 2.05) is 23.0 Å². The lowest BCUT2D eigenvalue weighted by molar-refractivity contribution is 0.377. The summed E-state index contributed by atoms with van der Waals surface area (Å²) in [6, 6.07) is 6.25. The molecular formula is C13H17N3. The first-order valence-electron chi connectivity index (χ1n) is 6.05. The van der Waals surface area contributed by atoms with E-state index in [1.165, 1.54) is 30.5 Å². The van der Waals surface area contributed by atoms with Crippen LogP contribution in [-0.2, 0) is 6.42 Å². The minimum Gasteiger partial charge on any atom is -0.316 e. The monoisotopic (exact) mass is 215 g/mol. The average Bonchev–Trinajstić information content (AvgIpc) is 2.74. The first-order valence-corrected chi connectivity index (χ1v) is 6.05. The van der Waals surface area contributed by atoms with Crippen molar-refractivity contribution in [2.45, 2.75) is 19.3 Å². The third-order valence-corrected chi connectivity index (χ3v) is 3.41. The van der Waals surface area contributed by atoms with Crippen molar-refractivity contribution in [2.75, 3.05) is 13.1 Å². The van der Waals surface area contributed by atoms with Crippen molar-refractivity contribution in [3.63, 3.8) is 0 Å². The van der Waals surface area contributed by atoms with Gasteiger partial charge >= 0.3 is 0 Å². The molecular weight excluding hydrogens is 198 g/mol. The molecule has 0 aromatic carbocycles. The zero-order valence-corrected chi connectivity index (χ0v) is 9.39. The fourth-order valence-corrected chi connectivity index (χ4v) is 2.55. The molecule has 1 aliphatic heterocycles. The summed E-state index contributed by atoms with van der Waals surface area (Å²) in [5, 5.41) is 7.85. The van der Waals surface area contributed by atoms with E-state index in [-0.39, 0.29) is 0 Å². The van der Waals surface area contributed by atoms with Crippen molar-refractivity contribution in [1.82, 2.24) is 14.9 Å². The van der Waals surface area contributed by atoms with Gasteiger partial charge in [0.1, 0.15) is 0 Å². The van der Waals surface area contributed by atoms with Crippen LogP contribution in [0.2, 0.25) is 0 Å². The molecule has 3 rings (SSSR count). The van der Waals surface area contributed by atoms with Crippen LogP contribution in [0.5, 0.6) is 0 Å². The molecule has 1 fully saturated rings. The molecule has 3 heteroatoms. The predicted octanol–water partition coefficient (Wildman–Crippen LogP) is 1.88. The van der Waals surface area contributed by atoms with Crippen LogP contribution >= 0.6 is 0 Å². The van der Waals surface area contributed by atoms with E-state index >= 15 is 0 Å². The molecule has 0 amide bonds. The Balaban J connectivity index is 1.83. The Hall–Kier alpha value is -1.35. The molecule has 0 aliphatic carbocycles. The lowest BCUT2D eigenvalue weighted by Crippen LogP contribution is -2.30. The van der Waals surface area contributed by atoms with E-state index in [9.17, 15) is 0 Å². The molecule has 1 aliphatic rings. The SMILES string of the molecule is c1ccn2ncc(CC3CCCNC3)c2c1. The number of rotatable bonds is 2. The Kier molecular flexibility index (Phi) is 2.62. The Morgan fingerprint density at radius 1 is 1.44 bits per heavy atom. The Labute approximate surface area is 95.5 Å². The van der Waals surface area contributed by atoms with Crippen molar-refractivity contribution in [1.29, 1.82) is 0 Å². The molecule has 0 bridgehead atoms. The summed E-state index contributed by atoms with van der Waals surface area (Å²) in [4.78, 5) is 0. The molecule has 2 aromatic heterocycles. The minimum atomic E-state index is 0.780. The highest BCUT2D eigenvalue weighted by molar-refractivity contribution is 5.53. The maximum absolute atomic E-state index is 4.38. The van der Waals surface area contributed by atoms with E-state index in [0.29, 0.717) is 0 Å². The van der Waals surface area contributed by atoms with Gasteiger partial charge in [0, 0.05) is 6.20 Å². The van der Waals surface area contributed by atoms with E-state index in [0.717, 1.165) is 18.9 Å². The molecule has 1 saturated heterocycles. The molecule has 1 N–H and O–H groups in total. The number of aromatic nitrogens is 2. The van der Waals surface area contributed by atoms with Crippen molar-refractivity contribution in [3.8, 4) is 0 Å². The molecule has 0 radical (unpaired) electrons. The van der Waals surface area contributed by atoms with Crippen LogP contribution in [0.15, 0.2) is 30.6 Å². The summed E-state index contributed by atoms with van der Waals surface area (Å²) in [7, 11) is 0. The Morgan fingerprint density at radius 3 is 3.31 bits per heavy atom. The Bertz CT molecular complexity index is 469. The molecule has 0 spiro atoms. The van der Waals surface area contributed by atoms with Crippen LogP contribution in [0, 0.1) is 5.92 Å². The molecule has 1 atom stereocenters. The molecule has 2 aromatic rings. The van der Waals surface area contributed by atoms with Crippen molar-refractivity contribution in [3.05, 3.63) is 36.2 Å². The molecule has 16 heavy (non-hydrogen) atoms. The maximum Gasteiger partial charge on any atom is 0.0693 e. The van der Waals surface area contributed by atoms with Crippen LogP contribution in [0.3, 0.4) is 0 Å². The van der Waals surface area contributed by atoms with Crippen molar-refractivity contribution >= 4 is 5.52 Å². The Morgan fingerprint density at radius 2 is 2.44 bits per heavy atom. The van der Waals surface area contributed by atoms with Gasteiger partial charge in [-0.1, -0.05) is 6.07 Å². The molecule has 84 valence electrons. The zero-order chi connectivity index (χ0) is 10.8. The topological polar surface area (TPSA) is 29.3 Å². The van der Waals surface area contributed by atoms with E-state index in [4.69, 9.17) is 0 Å². The van der Waals surface area contributed by atoms with Gasteiger partial charge in [0.25, 0.3) is 0 Å². The minimum absolute atomic E-state index is 0.780. The normalized spacial score (nSPS) is 21.4. The summed E-state index contributed by atoms with van der Waals surface area (Å²) in [6.45, 7) is 2.34. The number of fused-ring (bicyclic) bond motifs is 1. The maximum atomic E-state index is 4.38. The van der Waals surface area contributed by atoms with Gasteiger partial charge in [-0.3, -0.25) is 0 Å². The summed E-state index contributed by atoms with van der Waals surface area (Å²) >= 11 is 0. The van der Waals surface area contributed by atoms with Gasteiger partial charge in [-0.05, 0) is 56.0 Å². The lowest BCUT2D eigenvalue weighted by Gasteiger charge is -2.22. The van der Waals surface area contributed by atoms with Crippen LogP contribution in [-0.4, -0.2) is 22.7 Å². The van der Waals surface area contributed by atoms with Crippen molar-refractivity contribution in [2.24, 2.45) is 5.92 Å². The van der Waals surface area contributed by atoms with Gasteiger partial charge in [0.2, 0.25) is 0 Å². The molecule has 3 heterocycles. The van der Waals surface area contributed by atoms with Crippen LogP contribution < -0.4 is 5.32 Å². The highest BCUT2D eigenvalue weighted by Crippen LogP contribution is 2.19. The number of piperidine rings is 1. The van der Waals surface area contributed by atoms with Gasteiger partial charge in [0.15, 0.2) is 0 Å². The number of pyridine rings is 1. The largest absolute Gasteiger partial charge is 0.316 e. The van der Waals surface area contributed by atoms with Gasteiger partial charge in [-0.2, -0.15) is 5.10 Å². The summed E-state index contributed by atoms with van der Waals surface area (Å²) in [5.74, 6) is 0.780. The fourth-order valence-electron chi connectivity index (χ4n) is 2.55. The highest BCUT2D eigenvalue weighted by Gasteiger charge is 2.15. The molecule has 0 saturated carbocycles. The summed E-state index contributed by atoms with van der Waals surface area (Å²) in [5.41, 5.74) is 2.64. The van der Waals surface area contributed by atoms with Crippen LogP contribution in [0.1, 0.15) is 18.4 Å². The predicted molar refractivity (Wildman–Crippen MR) is 64.5 cm³/mol. The van der Waals surface area contributed by atoms with E-state index < -0.39 is 0 Å². The smallest absolute Gasteiger partial charge is 0.0693 e. The quantitative estimate of drug-likeness (QED) is 0.828. The molecule has 3 nitrogen and oxygen atoms in total. The summed E-state index contributed by atoms with van der Waals surface area (Å²) in [6.07, 6.45) is 7.84.